The van der Waals surface area contributed by atoms with Gasteiger partial charge in [0, 0.05) is 0 Å². The molecule has 2 rings (SSSR count). The van der Waals surface area contributed by atoms with E-state index < -0.39 is 0 Å². The van der Waals surface area contributed by atoms with E-state index in [-0.39, 0.29) is 31.4 Å². The van der Waals surface area contributed by atoms with Gasteiger partial charge in [0.15, 0.2) is 0 Å². The van der Waals surface area contributed by atoms with E-state index in [1.54, 1.807) is 13.8 Å². The quantitative estimate of drug-likeness (QED) is 0.569. The van der Waals surface area contributed by atoms with Crippen LogP contribution in [0.5, 0.6) is 0 Å². The summed E-state index contributed by atoms with van der Waals surface area (Å²) in [5.41, 5.74) is 1.59. The van der Waals surface area contributed by atoms with E-state index in [0.29, 0.717) is 0 Å². The van der Waals surface area contributed by atoms with Crippen LogP contribution in [-0.4, -0.2) is 11.6 Å². The Morgan fingerprint density at radius 3 is 1.06 bits per heavy atom. The van der Waals surface area contributed by atoms with Crippen LogP contribution in [0.25, 0.3) is 0 Å². The van der Waals surface area contributed by atoms with Gasteiger partial charge >= 0.3 is 19.8 Å². The number of carbonyl (C=O) groups is 2. The fraction of sp³-hybridized carbons (Fsp3) is 0.143. The third-order valence-electron chi connectivity index (χ3n) is 2.14. The summed E-state index contributed by atoms with van der Waals surface area (Å²) in [5, 5.41) is 0. The van der Waals surface area contributed by atoms with E-state index in [9.17, 15) is 9.59 Å². The Kier molecular flexibility index (Phi) is 7.26. The summed E-state index contributed by atoms with van der Waals surface area (Å²) in [6.07, 6.45) is 0. The topological polar surface area (TPSA) is 34.1 Å². The number of Topliss-reactive ketones (excluding diaryl/α,β-unsaturated/α-hetero) is 2. The Balaban J connectivity index is 0.000000284. The third kappa shape index (κ3) is 5.52. The first kappa shape index (κ1) is 15.7. The Morgan fingerprint density at radius 2 is 0.941 bits per heavy atom. The minimum atomic E-state index is 0. The molecule has 2 nitrogen and oxygen atoms in total. The summed E-state index contributed by atoms with van der Waals surface area (Å²) in [5.74, 6) is 0.269. The Bertz CT molecular complexity index is 394. The van der Waals surface area contributed by atoms with Gasteiger partial charge in [0.1, 0.15) is 11.6 Å². The third-order valence-corrected chi connectivity index (χ3v) is 2.14. The van der Waals surface area contributed by atoms with Crippen molar-refractivity contribution < 1.29 is 29.4 Å². The zero-order chi connectivity index (χ0) is 12.0. The monoisotopic (exact) mass is 406 g/mol. The van der Waals surface area contributed by atoms with E-state index in [1.165, 1.54) is 0 Å². The van der Waals surface area contributed by atoms with Crippen molar-refractivity contribution in [1.29, 1.82) is 0 Å². The second kappa shape index (κ2) is 7.87. The van der Waals surface area contributed by atoms with Crippen molar-refractivity contribution in [3.8, 4) is 0 Å². The van der Waals surface area contributed by atoms with E-state index in [4.69, 9.17) is 0 Å². The summed E-state index contributed by atoms with van der Waals surface area (Å²) in [7, 11) is 0. The maximum absolute atomic E-state index is 10.5. The molecule has 0 atom stereocenters. The van der Waals surface area contributed by atoms with Gasteiger partial charge in [-0.05, 0) is 13.8 Å². The van der Waals surface area contributed by atoms with Crippen LogP contribution in [0.15, 0.2) is 48.5 Å². The minimum Gasteiger partial charge on any atom is -0.309 e. The normalized spacial score (nSPS) is 8.59. The van der Waals surface area contributed by atoms with Crippen LogP contribution in [0, 0.1) is 0 Å². The SMILES string of the molecule is CC(=O)[c-]1cccc1.CC(=O)[c-]1cccc1.[Os+2]. The van der Waals surface area contributed by atoms with Crippen molar-refractivity contribution in [3.05, 3.63) is 59.7 Å². The van der Waals surface area contributed by atoms with Gasteiger partial charge in [-0.15, -0.1) is 0 Å². The molecule has 0 unspecified atom stereocenters. The first-order valence-electron chi connectivity index (χ1n) is 5.06. The van der Waals surface area contributed by atoms with Crippen LogP contribution >= 0.6 is 0 Å². The fourth-order valence-electron chi connectivity index (χ4n) is 1.22. The van der Waals surface area contributed by atoms with E-state index in [2.05, 4.69) is 0 Å². The van der Waals surface area contributed by atoms with Crippen LogP contribution in [0.2, 0.25) is 0 Å². The summed E-state index contributed by atoms with van der Waals surface area (Å²) in [4.78, 5) is 21.0. The second-order valence-electron chi connectivity index (χ2n) is 3.46. The first-order valence-corrected chi connectivity index (χ1v) is 5.06. The second-order valence-corrected chi connectivity index (χ2v) is 3.46. The van der Waals surface area contributed by atoms with Gasteiger partial charge in [-0.2, -0.15) is 24.3 Å². The molecule has 0 radical (unpaired) electrons. The molecule has 0 bridgehead atoms. The summed E-state index contributed by atoms with van der Waals surface area (Å²) < 4.78 is 0. The molecule has 2 aromatic carbocycles. The molecule has 2 aromatic rings. The van der Waals surface area contributed by atoms with Crippen LogP contribution < -0.4 is 0 Å². The summed E-state index contributed by atoms with van der Waals surface area (Å²) in [6.45, 7) is 3.13. The zero-order valence-corrected chi connectivity index (χ0v) is 12.3. The molecule has 0 aliphatic carbocycles. The minimum absolute atomic E-state index is 0. The molecule has 0 aliphatic heterocycles. The molecule has 0 saturated carbocycles. The maximum Gasteiger partial charge on any atom is 2.00 e. The molecular weight excluding hydrogens is 390 g/mol. The van der Waals surface area contributed by atoms with Gasteiger partial charge in [0.05, 0.1) is 0 Å². The Hall–Kier alpha value is -1.32. The van der Waals surface area contributed by atoms with Crippen LogP contribution in [0.1, 0.15) is 34.6 Å². The maximum atomic E-state index is 10.5. The number of rotatable bonds is 2. The molecule has 0 amide bonds. The van der Waals surface area contributed by atoms with Gasteiger partial charge in [0.25, 0.3) is 0 Å². The number of carbonyl (C=O) groups excluding carboxylic acids is 2. The molecular formula is C14H14O2Os. The largest absolute Gasteiger partial charge is 2.00 e. The van der Waals surface area contributed by atoms with Gasteiger partial charge in [-0.3, -0.25) is 0 Å². The Morgan fingerprint density at radius 1 is 0.706 bits per heavy atom. The van der Waals surface area contributed by atoms with Crippen molar-refractivity contribution in [2.75, 3.05) is 0 Å². The molecule has 0 heterocycles. The molecule has 0 N–H and O–H groups in total. The zero-order valence-electron chi connectivity index (χ0n) is 9.79. The van der Waals surface area contributed by atoms with Crippen LogP contribution in [0.4, 0.5) is 0 Å². The fourth-order valence-corrected chi connectivity index (χ4v) is 1.22. The van der Waals surface area contributed by atoms with E-state index in [1.807, 2.05) is 48.5 Å². The molecule has 0 spiro atoms. The van der Waals surface area contributed by atoms with Gasteiger partial charge in [-0.25, -0.2) is 24.3 Å². The first-order chi connectivity index (χ1) is 7.61. The molecule has 17 heavy (non-hydrogen) atoms. The van der Waals surface area contributed by atoms with Gasteiger partial charge in [-0.1, -0.05) is 11.1 Å². The molecule has 0 aliphatic rings. The summed E-state index contributed by atoms with van der Waals surface area (Å²) >= 11 is 0. The average Bonchev–Trinajstić information content (AvgIpc) is 2.93. The van der Waals surface area contributed by atoms with E-state index >= 15 is 0 Å². The molecule has 90 valence electrons. The Labute approximate surface area is 114 Å². The van der Waals surface area contributed by atoms with Crippen molar-refractivity contribution in [1.82, 2.24) is 0 Å². The van der Waals surface area contributed by atoms with Crippen molar-refractivity contribution in [3.63, 3.8) is 0 Å². The summed E-state index contributed by atoms with van der Waals surface area (Å²) in [6, 6.07) is 14.7. The standard InChI is InChI=1S/2C7H7O.Os/c2*1-6(8)7-4-2-3-5-7;/h2*2-5H,1H3;/q2*-1;+2. The van der Waals surface area contributed by atoms with E-state index in [0.717, 1.165) is 11.1 Å². The predicted molar refractivity (Wildman–Crippen MR) is 64.1 cm³/mol. The molecule has 0 fully saturated rings. The van der Waals surface area contributed by atoms with Crippen LogP contribution in [0.3, 0.4) is 0 Å². The molecule has 3 heteroatoms. The predicted octanol–water partition coefficient (Wildman–Crippen LogP) is 3.21. The van der Waals surface area contributed by atoms with Crippen molar-refractivity contribution in [2.24, 2.45) is 0 Å². The average molecular weight is 404 g/mol. The molecule has 0 saturated heterocycles. The van der Waals surface area contributed by atoms with Gasteiger partial charge in [0.2, 0.25) is 0 Å². The number of hydrogen-bond acceptors (Lipinski definition) is 2. The van der Waals surface area contributed by atoms with Gasteiger partial charge < -0.3 is 9.59 Å². The number of ketones is 2. The molecule has 0 aromatic heterocycles. The van der Waals surface area contributed by atoms with Crippen molar-refractivity contribution >= 4 is 11.6 Å². The van der Waals surface area contributed by atoms with Crippen molar-refractivity contribution in [2.45, 2.75) is 13.8 Å². The van der Waals surface area contributed by atoms with Crippen LogP contribution in [-0.2, 0) is 19.8 Å². The number of hydrogen-bond donors (Lipinski definition) is 0. The smallest absolute Gasteiger partial charge is 0.309 e.